The molecule has 0 aliphatic carbocycles. The second-order valence-corrected chi connectivity index (χ2v) is 6.52. The van der Waals surface area contributed by atoms with Gasteiger partial charge in [0.15, 0.2) is 5.76 Å². The Kier molecular flexibility index (Phi) is 4.80. The van der Waals surface area contributed by atoms with Crippen LogP contribution in [0.15, 0.2) is 65.3 Å². The van der Waals surface area contributed by atoms with E-state index in [1.165, 1.54) is 30.5 Å². The van der Waals surface area contributed by atoms with E-state index in [1.807, 2.05) is 18.2 Å². The van der Waals surface area contributed by atoms with Crippen molar-refractivity contribution in [2.75, 3.05) is 17.2 Å². The van der Waals surface area contributed by atoms with Crippen LogP contribution in [-0.2, 0) is 13.0 Å². The van der Waals surface area contributed by atoms with Crippen LogP contribution < -0.4 is 10.6 Å². The van der Waals surface area contributed by atoms with Gasteiger partial charge in [0.05, 0.1) is 6.26 Å². The third-order valence-electron chi connectivity index (χ3n) is 4.60. The molecule has 142 valence electrons. The van der Waals surface area contributed by atoms with Crippen LogP contribution in [0.4, 0.5) is 20.6 Å². The Labute approximate surface area is 161 Å². The van der Waals surface area contributed by atoms with E-state index in [-0.39, 0.29) is 11.7 Å². The van der Waals surface area contributed by atoms with Gasteiger partial charge < -0.3 is 20.0 Å². The lowest BCUT2D eigenvalue weighted by molar-refractivity contribution is 0.0702. The van der Waals surface area contributed by atoms with E-state index in [0.717, 1.165) is 17.5 Å². The molecule has 1 aliphatic rings. The van der Waals surface area contributed by atoms with Gasteiger partial charge in [-0.1, -0.05) is 6.07 Å². The summed E-state index contributed by atoms with van der Waals surface area (Å²) in [6.07, 6.45) is 2.22. The van der Waals surface area contributed by atoms with E-state index in [1.54, 1.807) is 17.0 Å². The average molecular weight is 379 g/mol. The predicted octanol–water partition coefficient (Wildman–Crippen LogP) is 4.26. The predicted molar refractivity (Wildman–Crippen MR) is 103 cm³/mol. The first-order chi connectivity index (χ1) is 13.6. The number of nitrogens with one attached hydrogen (secondary N) is 2. The second kappa shape index (κ2) is 7.56. The number of carbonyl (C=O) groups excluding carboxylic acids is 2. The highest BCUT2D eigenvalue weighted by Crippen LogP contribution is 2.24. The molecule has 0 saturated carbocycles. The van der Waals surface area contributed by atoms with Gasteiger partial charge in [-0.3, -0.25) is 4.79 Å². The number of hydrogen-bond donors (Lipinski definition) is 2. The highest BCUT2D eigenvalue weighted by atomic mass is 19.1. The topological polar surface area (TPSA) is 74.6 Å². The van der Waals surface area contributed by atoms with Crippen LogP contribution in [0.3, 0.4) is 0 Å². The number of amides is 3. The minimum absolute atomic E-state index is 0.150. The maximum Gasteiger partial charge on any atom is 0.323 e. The van der Waals surface area contributed by atoms with E-state index >= 15 is 0 Å². The Hall–Kier alpha value is -3.61. The van der Waals surface area contributed by atoms with E-state index in [4.69, 9.17) is 4.42 Å². The van der Waals surface area contributed by atoms with E-state index in [2.05, 4.69) is 10.6 Å². The smallest absolute Gasteiger partial charge is 0.323 e. The number of anilines is 2. The molecule has 28 heavy (non-hydrogen) atoms. The molecular formula is C21H18FN3O3. The first-order valence-corrected chi connectivity index (χ1v) is 8.86. The molecule has 3 aromatic rings. The summed E-state index contributed by atoms with van der Waals surface area (Å²) in [6, 6.07) is 14.1. The lowest BCUT2D eigenvalue weighted by atomic mass is 9.99. The van der Waals surface area contributed by atoms with Crippen molar-refractivity contribution in [1.82, 2.24) is 4.90 Å². The largest absolute Gasteiger partial charge is 0.459 e. The monoisotopic (exact) mass is 379 g/mol. The molecule has 0 spiro atoms. The van der Waals surface area contributed by atoms with Crippen LogP contribution in [-0.4, -0.2) is 23.4 Å². The van der Waals surface area contributed by atoms with Gasteiger partial charge in [0.1, 0.15) is 5.82 Å². The van der Waals surface area contributed by atoms with Crippen LogP contribution in [0.5, 0.6) is 0 Å². The zero-order valence-electron chi connectivity index (χ0n) is 14.9. The number of hydrogen-bond acceptors (Lipinski definition) is 3. The quantitative estimate of drug-likeness (QED) is 0.714. The molecule has 7 heteroatoms. The molecule has 0 unspecified atom stereocenters. The Morgan fingerprint density at radius 2 is 1.71 bits per heavy atom. The van der Waals surface area contributed by atoms with Gasteiger partial charge in [-0.2, -0.15) is 0 Å². The first kappa shape index (κ1) is 17.8. The van der Waals surface area contributed by atoms with Gasteiger partial charge in [0.25, 0.3) is 5.91 Å². The number of halogens is 1. The van der Waals surface area contributed by atoms with Gasteiger partial charge in [-0.15, -0.1) is 0 Å². The molecule has 3 amide bonds. The van der Waals surface area contributed by atoms with E-state index in [9.17, 15) is 14.0 Å². The SMILES string of the molecule is O=C(Nc1ccc(F)cc1)Nc1ccc2c(c1)CN(C(=O)c1ccco1)CC2. The summed E-state index contributed by atoms with van der Waals surface area (Å²) < 4.78 is 18.1. The van der Waals surface area contributed by atoms with Crippen molar-refractivity contribution in [2.45, 2.75) is 13.0 Å². The number of nitrogens with zero attached hydrogens (tertiary/aromatic N) is 1. The van der Waals surface area contributed by atoms with Crippen molar-refractivity contribution in [2.24, 2.45) is 0 Å². The number of carbonyl (C=O) groups is 2. The fourth-order valence-electron chi connectivity index (χ4n) is 3.19. The minimum Gasteiger partial charge on any atom is -0.459 e. The lowest BCUT2D eigenvalue weighted by Crippen LogP contribution is -2.35. The molecule has 2 N–H and O–H groups in total. The third-order valence-corrected chi connectivity index (χ3v) is 4.60. The Morgan fingerprint density at radius 3 is 2.46 bits per heavy atom. The molecule has 0 saturated heterocycles. The van der Waals surface area contributed by atoms with E-state index in [0.29, 0.717) is 30.2 Å². The number of furan rings is 1. The highest BCUT2D eigenvalue weighted by molar-refractivity contribution is 5.99. The second-order valence-electron chi connectivity index (χ2n) is 6.52. The van der Waals surface area contributed by atoms with Gasteiger partial charge >= 0.3 is 6.03 Å². The standard InChI is InChI=1S/C21H18FN3O3/c22-16-4-7-17(8-5-16)23-21(27)24-18-6-3-14-9-10-25(13-15(14)12-18)20(26)19-2-1-11-28-19/h1-8,11-12H,9-10,13H2,(H2,23,24,27). The number of fused-ring (bicyclic) bond motifs is 1. The third kappa shape index (κ3) is 3.88. The summed E-state index contributed by atoms with van der Waals surface area (Å²) in [4.78, 5) is 26.4. The maximum atomic E-state index is 12.9. The lowest BCUT2D eigenvalue weighted by Gasteiger charge is -2.28. The van der Waals surface area contributed by atoms with Gasteiger partial charge in [-0.05, 0) is 66.1 Å². The average Bonchev–Trinajstić information content (AvgIpc) is 3.23. The molecule has 6 nitrogen and oxygen atoms in total. The molecule has 0 bridgehead atoms. The molecular weight excluding hydrogens is 361 g/mol. The van der Waals surface area contributed by atoms with Gasteiger partial charge in [-0.25, -0.2) is 9.18 Å². The first-order valence-electron chi connectivity index (χ1n) is 8.86. The summed E-state index contributed by atoms with van der Waals surface area (Å²) in [5.41, 5.74) is 3.23. The summed E-state index contributed by atoms with van der Waals surface area (Å²) in [5, 5.41) is 5.41. The molecule has 2 aromatic carbocycles. The molecule has 4 rings (SSSR count). The van der Waals surface area contributed by atoms with E-state index < -0.39 is 6.03 Å². The van der Waals surface area contributed by atoms with Crippen LogP contribution in [0, 0.1) is 5.82 Å². The summed E-state index contributed by atoms with van der Waals surface area (Å²) >= 11 is 0. The zero-order valence-corrected chi connectivity index (χ0v) is 14.9. The normalized spacial score (nSPS) is 13.0. The van der Waals surface area contributed by atoms with Crippen LogP contribution in [0.1, 0.15) is 21.7 Å². The molecule has 0 fully saturated rings. The number of rotatable bonds is 3. The zero-order chi connectivity index (χ0) is 19.5. The van der Waals surface area contributed by atoms with Crippen molar-refractivity contribution in [3.63, 3.8) is 0 Å². The van der Waals surface area contributed by atoms with Gasteiger partial charge in [0, 0.05) is 24.5 Å². The molecule has 2 heterocycles. The Morgan fingerprint density at radius 1 is 0.964 bits per heavy atom. The van der Waals surface area contributed by atoms with Crippen LogP contribution in [0.2, 0.25) is 0 Å². The van der Waals surface area contributed by atoms with Crippen molar-refractivity contribution in [1.29, 1.82) is 0 Å². The summed E-state index contributed by atoms with van der Waals surface area (Å²) in [5.74, 6) is -0.200. The number of benzene rings is 2. The van der Waals surface area contributed by atoms with Gasteiger partial charge in [0.2, 0.25) is 0 Å². The highest BCUT2D eigenvalue weighted by Gasteiger charge is 2.23. The molecule has 1 aliphatic heterocycles. The molecule has 0 radical (unpaired) electrons. The van der Waals surface area contributed by atoms with Crippen molar-refractivity contribution in [3.05, 3.63) is 83.6 Å². The number of urea groups is 1. The molecule has 1 aromatic heterocycles. The summed E-state index contributed by atoms with van der Waals surface area (Å²) in [7, 11) is 0. The molecule has 0 atom stereocenters. The van der Waals surface area contributed by atoms with Crippen molar-refractivity contribution < 1.29 is 18.4 Å². The van der Waals surface area contributed by atoms with Crippen molar-refractivity contribution in [3.8, 4) is 0 Å². The summed E-state index contributed by atoms with van der Waals surface area (Å²) in [6.45, 7) is 1.06. The van der Waals surface area contributed by atoms with Crippen molar-refractivity contribution >= 4 is 23.3 Å². The van der Waals surface area contributed by atoms with Crippen LogP contribution in [0.25, 0.3) is 0 Å². The Balaban J connectivity index is 1.43. The Bertz CT molecular complexity index is 1000. The minimum atomic E-state index is -0.425. The maximum absolute atomic E-state index is 12.9. The fraction of sp³-hybridized carbons (Fsp3) is 0.143. The van der Waals surface area contributed by atoms with Crippen LogP contribution >= 0.6 is 0 Å². The fourth-order valence-corrected chi connectivity index (χ4v) is 3.19.